The van der Waals surface area contributed by atoms with Crippen LogP contribution in [0.5, 0.6) is 0 Å². The summed E-state index contributed by atoms with van der Waals surface area (Å²) >= 11 is 0. The van der Waals surface area contributed by atoms with E-state index in [1.165, 1.54) is 49.1 Å². The molecule has 2 atom stereocenters. The molecule has 3 heterocycles. The van der Waals surface area contributed by atoms with Gasteiger partial charge in [0.15, 0.2) is 0 Å². The SMILES string of the molecule is CCC[C@@H]1CC1c1ccc(-c2cnc3nc(C4CC4)cn3c2)nc1C. The van der Waals surface area contributed by atoms with Gasteiger partial charge in [-0.1, -0.05) is 25.8 Å². The lowest BCUT2D eigenvalue weighted by atomic mass is 10.0. The fraction of sp³-hybridized carbons (Fsp3) is 0.476. The van der Waals surface area contributed by atoms with E-state index >= 15 is 0 Å². The van der Waals surface area contributed by atoms with E-state index in [1.807, 2.05) is 10.6 Å². The zero-order valence-electron chi connectivity index (χ0n) is 14.9. The van der Waals surface area contributed by atoms with Crippen LogP contribution in [0.2, 0.25) is 0 Å². The highest BCUT2D eigenvalue weighted by Crippen LogP contribution is 2.50. The minimum atomic E-state index is 0.652. The summed E-state index contributed by atoms with van der Waals surface area (Å²) in [6, 6.07) is 4.44. The Hall–Kier alpha value is -2.23. The maximum atomic E-state index is 4.89. The van der Waals surface area contributed by atoms with Crippen LogP contribution in [0.3, 0.4) is 0 Å². The molecule has 1 unspecified atom stereocenters. The lowest BCUT2D eigenvalue weighted by Crippen LogP contribution is -1.96. The van der Waals surface area contributed by atoms with Gasteiger partial charge in [0.2, 0.25) is 5.78 Å². The summed E-state index contributed by atoms with van der Waals surface area (Å²) in [6.45, 7) is 4.42. The van der Waals surface area contributed by atoms with Crippen LogP contribution < -0.4 is 0 Å². The molecule has 0 aliphatic heterocycles. The summed E-state index contributed by atoms with van der Waals surface area (Å²) in [7, 11) is 0. The van der Waals surface area contributed by atoms with Gasteiger partial charge in [0, 0.05) is 35.8 Å². The van der Waals surface area contributed by atoms with Crippen molar-refractivity contribution in [3.8, 4) is 11.3 Å². The zero-order chi connectivity index (χ0) is 17.0. The van der Waals surface area contributed by atoms with Crippen molar-refractivity contribution in [3.05, 3.63) is 47.7 Å². The first-order valence-electron chi connectivity index (χ1n) is 9.55. The lowest BCUT2D eigenvalue weighted by molar-refractivity contribution is 0.685. The molecule has 0 radical (unpaired) electrons. The van der Waals surface area contributed by atoms with Gasteiger partial charge in [-0.05, 0) is 49.7 Å². The van der Waals surface area contributed by atoms with Gasteiger partial charge in [-0.2, -0.15) is 0 Å². The predicted molar refractivity (Wildman–Crippen MR) is 98.7 cm³/mol. The molecule has 2 aliphatic carbocycles. The molecule has 0 saturated heterocycles. The van der Waals surface area contributed by atoms with Crippen molar-refractivity contribution in [1.82, 2.24) is 19.4 Å². The quantitative estimate of drug-likeness (QED) is 0.669. The van der Waals surface area contributed by atoms with Crippen molar-refractivity contribution in [2.24, 2.45) is 5.92 Å². The van der Waals surface area contributed by atoms with Gasteiger partial charge in [-0.3, -0.25) is 9.38 Å². The number of hydrogen-bond donors (Lipinski definition) is 0. The van der Waals surface area contributed by atoms with Gasteiger partial charge < -0.3 is 0 Å². The summed E-state index contributed by atoms with van der Waals surface area (Å²) in [5, 5.41) is 0. The standard InChI is InChI=1S/C21H24N4/c1-3-4-15-9-18(15)17-7-8-19(23-13(17)2)16-10-22-21-24-20(14-5-6-14)12-25(21)11-16/h7-8,10-12,14-15,18H,3-6,9H2,1-2H3/t15-,18?/m1/s1. The van der Waals surface area contributed by atoms with Crippen LogP contribution in [0.4, 0.5) is 0 Å². The molecule has 2 fully saturated rings. The molecule has 5 rings (SSSR count). The third kappa shape index (κ3) is 2.74. The first-order chi connectivity index (χ1) is 12.2. The second kappa shape index (κ2) is 5.65. The summed E-state index contributed by atoms with van der Waals surface area (Å²) in [5.41, 5.74) is 5.85. The molecule has 0 aromatic carbocycles. The summed E-state index contributed by atoms with van der Waals surface area (Å²) in [5.74, 6) is 3.05. The lowest BCUT2D eigenvalue weighted by Gasteiger charge is -2.08. The topological polar surface area (TPSA) is 43.1 Å². The predicted octanol–water partition coefficient (Wildman–Crippen LogP) is 4.88. The number of aryl methyl sites for hydroxylation is 1. The van der Waals surface area contributed by atoms with Crippen LogP contribution in [0.25, 0.3) is 17.0 Å². The van der Waals surface area contributed by atoms with Crippen molar-refractivity contribution < 1.29 is 0 Å². The summed E-state index contributed by atoms with van der Waals surface area (Å²) < 4.78 is 2.05. The van der Waals surface area contributed by atoms with Crippen molar-refractivity contribution in [1.29, 1.82) is 0 Å². The van der Waals surface area contributed by atoms with Gasteiger partial charge in [0.1, 0.15) is 0 Å². The monoisotopic (exact) mass is 332 g/mol. The summed E-state index contributed by atoms with van der Waals surface area (Å²) in [6.07, 6.45) is 12.6. The first kappa shape index (κ1) is 15.1. The molecule has 2 aliphatic rings. The molecule has 25 heavy (non-hydrogen) atoms. The molecule has 3 aromatic heterocycles. The first-order valence-corrected chi connectivity index (χ1v) is 9.55. The van der Waals surface area contributed by atoms with E-state index in [0.717, 1.165) is 28.9 Å². The fourth-order valence-corrected chi connectivity index (χ4v) is 4.05. The fourth-order valence-electron chi connectivity index (χ4n) is 4.05. The molecule has 0 bridgehead atoms. The number of aromatic nitrogens is 4. The third-order valence-electron chi connectivity index (χ3n) is 5.73. The maximum Gasteiger partial charge on any atom is 0.233 e. The van der Waals surface area contributed by atoms with Gasteiger partial charge in [-0.15, -0.1) is 0 Å². The van der Waals surface area contributed by atoms with Crippen molar-refractivity contribution in [3.63, 3.8) is 0 Å². The average Bonchev–Trinajstić information content (AvgIpc) is 3.53. The second-order valence-corrected chi connectivity index (χ2v) is 7.75. The van der Waals surface area contributed by atoms with E-state index in [1.54, 1.807) is 0 Å². The highest BCUT2D eigenvalue weighted by atomic mass is 15.1. The number of imidazole rings is 1. The Morgan fingerprint density at radius 1 is 1.16 bits per heavy atom. The molecular formula is C21H24N4. The highest BCUT2D eigenvalue weighted by Gasteiger charge is 2.38. The Kier molecular flexibility index (Phi) is 3.40. The molecule has 0 amide bonds. The Morgan fingerprint density at radius 2 is 2.04 bits per heavy atom. The van der Waals surface area contributed by atoms with Gasteiger partial charge in [-0.25, -0.2) is 9.97 Å². The number of pyridine rings is 1. The van der Waals surface area contributed by atoms with E-state index in [4.69, 9.17) is 4.98 Å². The van der Waals surface area contributed by atoms with E-state index in [-0.39, 0.29) is 0 Å². The van der Waals surface area contributed by atoms with Crippen molar-refractivity contribution in [2.75, 3.05) is 0 Å². The van der Waals surface area contributed by atoms with Gasteiger partial charge in [0.05, 0.1) is 11.4 Å². The Bertz CT molecular complexity index is 938. The Labute approximate surface area is 148 Å². The van der Waals surface area contributed by atoms with E-state index in [9.17, 15) is 0 Å². The molecule has 4 nitrogen and oxygen atoms in total. The van der Waals surface area contributed by atoms with E-state index < -0.39 is 0 Å². The van der Waals surface area contributed by atoms with Crippen molar-refractivity contribution in [2.45, 2.75) is 57.8 Å². The zero-order valence-corrected chi connectivity index (χ0v) is 14.9. The van der Waals surface area contributed by atoms with Crippen molar-refractivity contribution >= 4 is 5.78 Å². The number of rotatable bonds is 5. The van der Waals surface area contributed by atoms with E-state index in [2.05, 4.69) is 48.3 Å². The molecular weight excluding hydrogens is 308 g/mol. The number of fused-ring (bicyclic) bond motifs is 1. The van der Waals surface area contributed by atoms with Crippen LogP contribution >= 0.6 is 0 Å². The van der Waals surface area contributed by atoms with E-state index in [0.29, 0.717) is 5.92 Å². The minimum absolute atomic E-state index is 0.652. The third-order valence-corrected chi connectivity index (χ3v) is 5.73. The second-order valence-electron chi connectivity index (χ2n) is 7.75. The molecule has 0 spiro atoms. The van der Waals surface area contributed by atoms with Gasteiger partial charge >= 0.3 is 0 Å². The maximum absolute atomic E-state index is 4.89. The molecule has 3 aromatic rings. The van der Waals surface area contributed by atoms with Gasteiger partial charge in [0.25, 0.3) is 0 Å². The minimum Gasteiger partial charge on any atom is -0.290 e. The molecule has 2 saturated carbocycles. The van der Waals surface area contributed by atoms with Crippen LogP contribution in [0.15, 0.2) is 30.7 Å². The average molecular weight is 332 g/mol. The number of hydrogen-bond acceptors (Lipinski definition) is 3. The highest BCUT2D eigenvalue weighted by molar-refractivity contribution is 5.59. The normalized spacial score (nSPS) is 22.5. The van der Waals surface area contributed by atoms with Crippen LogP contribution in [-0.2, 0) is 0 Å². The van der Waals surface area contributed by atoms with Crippen LogP contribution in [0, 0.1) is 12.8 Å². The Balaban J connectivity index is 1.44. The smallest absolute Gasteiger partial charge is 0.233 e. The number of nitrogens with zero attached hydrogens (tertiary/aromatic N) is 4. The molecule has 0 N–H and O–H groups in total. The van der Waals surface area contributed by atoms with Crippen LogP contribution in [-0.4, -0.2) is 19.4 Å². The summed E-state index contributed by atoms with van der Waals surface area (Å²) in [4.78, 5) is 14.1. The largest absolute Gasteiger partial charge is 0.290 e. The Morgan fingerprint density at radius 3 is 2.80 bits per heavy atom. The van der Waals surface area contributed by atoms with Crippen LogP contribution in [0.1, 0.15) is 67.8 Å². The molecule has 4 heteroatoms. The molecule has 128 valence electrons.